The lowest BCUT2D eigenvalue weighted by atomic mass is 10.2. The highest BCUT2D eigenvalue weighted by Crippen LogP contribution is 2.18. The summed E-state index contributed by atoms with van der Waals surface area (Å²) in [6.45, 7) is 3.35. The summed E-state index contributed by atoms with van der Waals surface area (Å²) in [7, 11) is 0. The molecule has 1 unspecified atom stereocenters. The number of hydrogen-bond donors (Lipinski definition) is 0. The Morgan fingerprint density at radius 3 is 2.90 bits per heavy atom. The second kappa shape index (κ2) is 6.10. The minimum absolute atomic E-state index is 0.0774. The molecule has 6 nitrogen and oxygen atoms in total. The van der Waals surface area contributed by atoms with Crippen LogP contribution in [0, 0.1) is 11.3 Å². The van der Waals surface area contributed by atoms with Gasteiger partial charge >= 0.3 is 0 Å². The van der Waals surface area contributed by atoms with E-state index in [1.807, 2.05) is 28.0 Å². The first-order valence-electron chi connectivity index (χ1n) is 7.30. The van der Waals surface area contributed by atoms with Gasteiger partial charge in [0.25, 0.3) is 5.91 Å². The lowest BCUT2D eigenvalue weighted by Crippen LogP contribution is -2.50. The highest BCUT2D eigenvalue weighted by atomic mass is 16.5. The van der Waals surface area contributed by atoms with E-state index in [2.05, 4.69) is 4.98 Å². The molecule has 1 aromatic heterocycles. The number of nitrogens with zero attached hydrogens (tertiary/aromatic N) is 4. The third-order valence-corrected chi connectivity index (χ3v) is 3.93. The van der Waals surface area contributed by atoms with Crippen LogP contribution in [-0.4, -0.2) is 54.7 Å². The smallest absolute Gasteiger partial charge is 0.253 e. The molecule has 0 bridgehead atoms. The largest absolute Gasteiger partial charge is 0.365 e. The van der Waals surface area contributed by atoms with Gasteiger partial charge in [0.1, 0.15) is 17.6 Å². The van der Waals surface area contributed by atoms with E-state index in [0.717, 1.165) is 31.7 Å². The van der Waals surface area contributed by atoms with E-state index in [0.29, 0.717) is 25.4 Å². The van der Waals surface area contributed by atoms with E-state index < -0.39 is 6.10 Å². The number of aromatic nitrogens is 1. The van der Waals surface area contributed by atoms with Crippen molar-refractivity contribution in [1.82, 2.24) is 9.88 Å². The molecule has 3 heterocycles. The van der Waals surface area contributed by atoms with Gasteiger partial charge in [0.2, 0.25) is 0 Å². The van der Waals surface area contributed by atoms with Gasteiger partial charge in [-0.3, -0.25) is 4.79 Å². The molecule has 110 valence electrons. The molecule has 1 atom stereocenters. The number of morpholine rings is 1. The monoisotopic (exact) mass is 286 g/mol. The number of rotatable bonds is 2. The Balaban J connectivity index is 1.70. The lowest BCUT2D eigenvalue weighted by molar-refractivity contribution is -0.143. The molecule has 1 amide bonds. The van der Waals surface area contributed by atoms with E-state index in [4.69, 9.17) is 10.00 Å². The van der Waals surface area contributed by atoms with Gasteiger partial charge in [0.05, 0.1) is 13.2 Å². The molecule has 2 saturated heterocycles. The van der Waals surface area contributed by atoms with Crippen molar-refractivity contribution in [2.45, 2.75) is 18.9 Å². The van der Waals surface area contributed by atoms with E-state index >= 15 is 0 Å². The van der Waals surface area contributed by atoms with Crippen LogP contribution in [0.15, 0.2) is 18.2 Å². The predicted octanol–water partition coefficient (Wildman–Crippen LogP) is 0.781. The fourth-order valence-corrected chi connectivity index (χ4v) is 2.81. The topological polar surface area (TPSA) is 69.5 Å². The zero-order valence-corrected chi connectivity index (χ0v) is 11.9. The third kappa shape index (κ3) is 2.98. The molecule has 2 aliphatic rings. The molecule has 6 heteroatoms. The normalized spacial score (nSPS) is 22.1. The molecule has 2 fully saturated rings. The zero-order chi connectivity index (χ0) is 14.7. The molecule has 3 rings (SSSR count). The Kier molecular flexibility index (Phi) is 4.02. The average molecular weight is 286 g/mol. The van der Waals surface area contributed by atoms with E-state index in [1.54, 1.807) is 6.07 Å². The second-order valence-corrected chi connectivity index (χ2v) is 5.33. The van der Waals surface area contributed by atoms with Gasteiger partial charge in [-0.15, -0.1) is 0 Å². The number of nitriles is 1. The number of anilines is 1. The number of carbonyl (C=O) groups excluding carboxylic acids is 1. The van der Waals surface area contributed by atoms with Crippen molar-refractivity contribution in [3.8, 4) is 6.07 Å². The zero-order valence-electron chi connectivity index (χ0n) is 11.9. The fraction of sp³-hybridized carbons (Fsp3) is 0.533. The average Bonchev–Trinajstić information content (AvgIpc) is 3.09. The number of carbonyl (C=O) groups is 1. The van der Waals surface area contributed by atoms with Crippen molar-refractivity contribution in [3.05, 3.63) is 23.9 Å². The van der Waals surface area contributed by atoms with Crippen LogP contribution >= 0.6 is 0 Å². The molecule has 0 spiro atoms. The quantitative estimate of drug-likeness (QED) is 0.803. The van der Waals surface area contributed by atoms with Crippen LogP contribution in [0.2, 0.25) is 0 Å². The Morgan fingerprint density at radius 1 is 1.33 bits per heavy atom. The summed E-state index contributed by atoms with van der Waals surface area (Å²) in [5.74, 6) is 0.810. The Hall–Kier alpha value is -2.13. The van der Waals surface area contributed by atoms with Crippen LogP contribution in [-0.2, 0) is 9.53 Å². The summed E-state index contributed by atoms with van der Waals surface area (Å²) in [6.07, 6.45) is 1.73. The number of pyridine rings is 1. The van der Waals surface area contributed by atoms with E-state index in [-0.39, 0.29) is 5.91 Å². The Bertz CT molecular complexity index is 563. The number of ether oxygens (including phenoxy) is 1. The first-order chi connectivity index (χ1) is 10.3. The van der Waals surface area contributed by atoms with Crippen LogP contribution < -0.4 is 4.90 Å². The molecule has 2 aliphatic heterocycles. The van der Waals surface area contributed by atoms with Gasteiger partial charge < -0.3 is 14.5 Å². The van der Waals surface area contributed by atoms with E-state index in [9.17, 15) is 4.79 Å². The first-order valence-corrected chi connectivity index (χ1v) is 7.30. The van der Waals surface area contributed by atoms with Crippen LogP contribution in [0.1, 0.15) is 18.5 Å². The van der Waals surface area contributed by atoms with Crippen LogP contribution in [0.5, 0.6) is 0 Å². The van der Waals surface area contributed by atoms with Gasteiger partial charge in [0.15, 0.2) is 6.10 Å². The van der Waals surface area contributed by atoms with Crippen molar-refractivity contribution in [2.75, 3.05) is 37.7 Å². The molecular formula is C15H18N4O2. The summed E-state index contributed by atoms with van der Waals surface area (Å²) in [5.41, 5.74) is 0.390. The van der Waals surface area contributed by atoms with E-state index in [1.165, 1.54) is 0 Å². The Labute approximate surface area is 123 Å². The SMILES string of the molecule is N#Cc1cccc(N2CCOC(C(=O)N3CCCC3)C2)n1. The van der Waals surface area contributed by atoms with Crippen molar-refractivity contribution < 1.29 is 9.53 Å². The van der Waals surface area contributed by atoms with Crippen molar-refractivity contribution >= 4 is 11.7 Å². The van der Waals surface area contributed by atoms with Crippen molar-refractivity contribution in [2.24, 2.45) is 0 Å². The van der Waals surface area contributed by atoms with Crippen LogP contribution in [0.4, 0.5) is 5.82 Å². The standard InChI is InChI=1S/C15H18N4O2/c16-10-12-4-3-5-14(17-12)19-8-9-21-13(11-19)15(20)18-6-1-2-7-18/h3-5,13H,1-2,6-9,11H2. The van der Waals surface area contributed by atoms with Gasteiger partial charge in [-0.25, -0.2) is 4.98 Å². The number of amides is 1. The second-order valence-electron chi connectivity index (χ2n) is 5.33. The summed E-state index contributed by atoms with van der Waals surface area (Å²) < 4.78 is 5.63. The third-order valence-electron chi connectivity index (χ3n) is 3.93. The number of likely N-dealkylation sites (tertiary alicyclic amines) is 1. The van der Waals surface area contributed by atoms with Crippen LogP contribution in [0.3, 0.4) is 0 Å². The van der Waals surface area contributed by atoms with Gasteiger partial charge in [-0.2, -0.15) is 5.26 Å². The molecule has 0 aromatic carbocycles. The maximum absolute atomic E-state index is 12.4. The maximum atomic E-state index is 12.4. The van der Waals surface area contributed by atoms with Gasteiger partial charge in [0, 0.05) is 19.6 Å². The fourth-order valence-electron chi connectivity index (χ4n) is 2.81. The molecule has 21 heavy (non-hydrogen) atoms. The van der Waals surface area contributed by atoms with Gasteiger partial charge in [-0.05, 0) is 25.0 Å². The molecule has 0 aliphatic carbocycles. The molecule has 0 N–H and O–H groups in total. The van der Waals surface area contributed by atoms with Crippen molar-refractivity contribution in [3.63, 3.8) is 0 Å². The number of hydrogen-bond acceptors (Lipinski definition) is 5. The highest BCUT2D eigenvalue weighted by Gasteiger charge is 2.31. The molecule has 0 saturated carbocycles. The maximum Gasteiger partial charge on any atom is 0.253 e. The first kappa shape index (κ1) is 13.8. The summed E-state index contributed by atoms with van der Waals surface area (Å²) in [4.78, 5) is 20.6. The Morgan fingerprint density at radius 2 is 2.14 bits per heavy atom. The summed E-state index contributed by atoms with van der Waals surface area (Å²) >= 11 is 0. The van der Waals surface area contributed by atoms with Crippen LogP contribution in [0.25, 0.3) is 0 Å². The summed E-state index contributed by atoms with van der Waals surface area (Å²) in [5, 5.41) is 8.93. The minimum atomic E-state index is -0.426. The predicted molar refractivity (Wildman–Crippen MR) is 76.7 cm³/mol. The molecule has 0 radical (unpaired) electrons. The van der Waals surface area contributed by atoms with Gasteiger partial charge in [-0.1, -0.05) is 6.07 Å². The minimum Gasteiger partial charge on any atom is -0.365 e. The molecular weight excluding hydrogens is 268 g/mol. The summed E-state index contributed by atoms with van der Waals surface area (Å²) in [6, 6.07) is 7.40. The van der Waals surface area contributed by atoms with Crippen molar-refractivity contribution in [1.29, 1.82) is 5.26 Å². The lowest BCUT2D eigenvalue weighted by Gasteiger charge is -2.34. The molecule has 1 aromatic rings. The highest BCUT2D eigenvalue weighted by molar-refractivity contribution is 5.82.